The van der Waals surface area contributed by atoms with Gasteiger partial charge < -0.3 is 4.74 Å². The Morgan fingerprint density at radius 3 is 2.63 bits per heavy atom. The number of methoxy groups -OCH3 is 1. The van der Waals surface area contributed by atoms with Crippen LogP contribution in [0.1, 0.15) is 27.0 Å². The number of ketones is 1. The fourth-order valence-corrected chi connectivity index (χ4v) is 3.23. The number of carbonyl (C=O) groups is 1. The van der Waals surface area contributed by atoms with E-state index in [1.807, 2.05) is 18.2 Å². The van der Waals surface area contributed by atoms with Crippen LogP contribution in [0.25, 0.3) is 0 Å². The van der Waals surface area contributed by atoms with Gasteiger partial charge >= 0.3 is 0 Å². The van der Waals surface area contributed by atoms with E-state index < -0.39 is 0 Å². The number of carbonyl (C=O) groups excluding carboxylic acids is 1. The number of ether oxygens (including phenoxy) is 1. The van der Waals surface area contributed by atoms with Gasteiger partial charge in [-0.3, -0.25) is 4.79 Å². The van der Waals surface area contributed by atoms with E-state index in [0.29, 0.717) is 17.7 Å². The molecule has 1 aromatic heterocycles. The van der Waals surface area contributed by atoms with Crippen molar-refractivity contribution in [2.45, 2.75) is 19.8 Å². The van der Waals surface area contributed by atoms with Crippen molar-refractivity contribution < 1.29 is 9.53 Å². The second kappa shape index (κ2) is 6.35. The number of aryl methyl sites for hydroxylation is 1. The highest BCUT2D eigenvalue weighted by molar-refractivity contribution is 9.10. The molecular weight excluding hydrogens is 324 g/mol. The summed E-state index contributed by atoms with van der Waals surface area (Å²) in [6, 6.07) is 9.59. The molecule has 0 atom stereocenters. The molecule has 0 amide bonds. The first kappa shape index (κ1) is 14.3. The van der Waals surface area contributed by atoms with Crippen LogP contribution in [0.3, 0.4) is 0 Å². The molecule has 1 aromatic carbocycles. The van der Waals surface area contributed by atoms with E-state index in [0.717, 1.165) is 15.8 Å². The molecule has 2 rings (SSSR count). The van der Waals surface area contributed by atoms with Crippen molar-refractivity contribution in [2.24, 2.45) is 0 Å². The van der Waals surface area contributed by atoms with Crippen LogP contribution in [0.2, 0.25) is 0 Å². The van der Waals surface area contributed by atoms with E-state index in [-0.39, 0.29) is 5.78 Å². The molecule has 0 bridgehead atoms. The molecule has 1 heterocycles. The first-order valence-electron chi connectivity index (χ1n) is 6.08. The summed E-state index contributed by atoms with van der Waals surface area (Å²) in [6.07, 6.45) is 1.46. The molecule has 0 radical (unpaired) electrons. The fourth-order valence-electron chi connectivity index (χ4n) is 1.81. The maximum Gasteiger partial charge on any atom is 0.169 e. The van der Waals surface area contributed by atoms with Crippen molar-refractivity contribution in [1.29, 1.82) is 0 Å². The Hall–Kier alpha value is -1.13. The van der Waals surface area contributed by atoms with E-state index in [4.69, 9.17) is 4.74 Å². The predicted octanol–water partition coefficient (Wildman–Crippen LogP) is 4.51. The van der Waals surface area contributed by atoms with Crippen molar-refractivity contribution in [3.05, 3.63) is 50.1 Å². The second-order valence-corrected chi connectivity index (χ2v) is 6.27. The fraction of sp³-hybridized carbons (Fsp3) is 0.267. The average molecular weight is 339 g/mol. The van der Waals surface area contributed by atoms with Gasteiger partial charge in [0.1, 0.15) is 5.75 Å². The minimum atomic E-state index is 0.107. The summed E-state index contributed by atoms with van der Waals surface area (Å²) >= 11 is 5.12. The number of halogens is 1. The normalized spacial score (nSPS) is 10.5. The molecule has 2 nitrogen and oxygen atoms in total. The third kappa shape index (κ3) is 3.45. The zero-order valence-electron chi connectivity index (χ0n) is 10.9. The number of Topliss-reactive ketones (excluding diaryl/α,β-unsaturated/α-hetero) is 1. The van der Waals surface area contributed by atoms with Crippen molar-refractivity contribution in [3.8, 4) is 5.75 Å². The largest absolute Gasteiger partial charge is 0.497 e. The summed E-state index contributed by atoms with van der Waals surface area (Å²) in [4.78, 5) is 14.7. The Morgan fingerprint density at radius 1 is 1.26 bits per heavy atom. The van der Waals surface area contributed by atoms with Gasteiger partial charge in [0.15, 0.2) is 5.78 Å². The summed E-state index contributed by atoms with van der Waals surface area (Å²) in [6.45, 7) is 2.12. The third-order valence-electron chi connectivity index (χ3n) is 2.87. The van der Waals surface area contributed by atoms with Gasteiger partial charge in [0.2, 0.25) is 0 Å². The Kier molecular flexibility index (Phi) is 4.77. The molecule has 4 heteroatoms. The van der Waals surface area contributed by atoms with Crippen LogP contribution in [-0.2, 0) is 12.8 Å². The zero-order valence-corrected chi connectivity index (χ0v) is 13.3. The first-order chi connectivity index (χ1) is 9.13. The van der Waals surface area contributed by atoms with E-state index >= 15 is 0 Å². The minimum absolute atomic E-state index is 0.107. The lowest BCUT2D eigenvalue weighted by atomic mass is 10.1. The summed E-state index contributed by atoms with van der Waals surface area (Å²) < 4.78 is 5.97. The molecule has 19 heavy (non-hydrogen) atoms. The molecular formula is C15H15BrO2S. The molecule has 0 N–H and O–H groups in total. The van der Waals surface area contributed by atoms with Crippen molar-refractivity contribution in [2.75, 3.05) is 7.11 Å². The van der Waals surface area contributed by atoms with E-state index in [9.17, 15) is 4.79 Å². The Bertz CT molecular complexity index is 590. The van der Waals surface area contributed by atoms with Crippen molar-refractivity contribution >= 4 is 33.0 Å². The highest BCUT2D eigenvalue weighted by atomic mass is 79.9. The quantitative estimate of drug-likeness (QED) is 0.750. The van der Waals surface area contributed by atoms with Crippen LogP contribution >= 0.6 is 27.3 Å². The van der Waals surface area contributed by atoms with Crippen LogP contribution in [0.15, 0.2) is 34.8 Å². The molecule has 0 aliphatic carbocycles. The van der Waals surface area contributed by atoms with E-state index in [1.165, 1.54) is 4.88 Å². The van der Waals surface area contributed by atoms with Crippen LogP contribution in [0, 0.1) is 0 Å². The monoisotopic (exact) mass is 338 g/mol. The highest BCUT2D eigenvalue weighted by Gasteiger charge is 2.13. The standard InChI is InChI=1S/C15H15BrO2S/c1-3-11-5-6-12(19-11)9-15(17)13-8-10(18-2)4-7-14(13)16/h4-8H,3,9H2,1-2H3. The Morgan fingerprint density at radius 2 is 2.00 bits per heavy atom. The van der Waals surface area contributed by atoms with Gasteiger partial charge in [-0.05, 0) is 36.8 Å². The molecule has 0 spiro atoms. The van der Waals surface area contributed by atoms with Crippen molar-refractivity contribution in [1.82, 2.24) is 0 Å². The van der Waals surface area contributed by atoms with E-state index in [1.54, 1.807) is 24.5 Å². The predicted molar refractivity (Wildman–Crippen MR) is 82.4 cm³/mol. The second-order valence-electron chi connectivity index (χ2n) is 4.17. The maximum absolute atomic E-state index is 12.3. The van der Waals surface area contributed by atoms with Gasteiger partial charge in [0.25, 0.3) is 0 Å². The number of thiophene rings is 1. The topological polar surface area (TPSA) is 26.3 Å². The van der Waals surface area contributed by atoms with Gasteiger partial charge in [-0.25, -0.2) is 0 Å². The number of hydrogen-bond acceptors (Lipinski definition) is 3. The molecule has 0 saturated heterocycles. The lowest BCUT2D eigenvalue weighted by molar-refractivity contribution is 0.0992. The summed E-state index contributed by atoms with van der Waals surface area (Å²) in [5.74, 6) is 0.808. The Balaban J connectivity index is 2.19. The third-order valence-corrected chi connectivity index (χ3v) is 4.80. The van der Waals surface area contributed by atoms with Gasteiger partial charge in [-0.2, -0.15) is 0 Å². The number of hydrogen-bond donors (Lipinski definition) is 0. The van der Waals surface area contributed by atoms with Gasteiger partial charge in [-0.15, -0.1) is 11.3 Å². The van der Waals surface area contributed by atoms with Crippen LogP contribution in [0.5, 0.6) is 5.75 Å². The molecule has 0 unspecified atom stereocenters. The Labute approximate surface area is 125 Å². The SMILES string of the molecule is CCc1ccc(CC(=O)c2cc(OC)ccc2Br)s1. The van der Waals surface area contributed by atoms with Crippen molar-refractivity contribution in [3.63, 3.8) is 0 Å². The summed E-state index contributed by atoms with van der Waals surface area (Å²) in [7, 11) is 1.60. The number of benzene rings is 1. The lowest BCUT2D eigenvalue weighted by Gasteiger charge is -2.06. The highest BCUT2D eigenvalue weighted by Crippen LogP contribution is 2.25. The van der Waals surface area contributed by atoms with E-state index in [2.05, 4.69) is 28.9 Å². The smallest absolute Gasteiger partial charge is 0.169 e. The van der Waals surface area contributed by atoms with Gasteiger partial charge in [0, 0.05) is 26.2 Å². The summed E-state index contributed by atoms with van der Waals surface area (Å²) in [5.41, 5.74) is 0.672. The van der Waals surface area contributed by atoms with Gasteiger partial charge in [0.05, 0.1) is 7.11 Å². The number of rotatable bonds is 5. The molecule has 100 valence electrons. The zero-order chi connectivity index (χ0) is 13.8. The maximum atomic E-state index is 12.3. The van der Waals surface area contributed by atoms with Crippen LogP contribution in [0.4, 0.5) is 0 Å². The summed E-state index contributed by atoms with van der Waals surface area (Å²) in [5, 5.41) is 0. The molecule has 0 aliphatic rings. The van der Waals surface area contributed by atoms with Gasteiger partial charge in [-0.1, -0.05) is 22.9 Å². The van der Waals surface area contributed by atoms with Crippen LogP contribution in [-0.4, -0.2) is 12.9 Å². The minimum Gasteiger partial charge on any atom is -0.497 e. The molecule has 2 aromatic rings. The first-order valence-corrected chi connectivity index (χ1v) is 7.69. The molecule has 0 fully saturated rings. The lowest BCUT2D eigenvalue weighted by Crippen LogP contribution is -2.03. The molecule has 0 aliphatic heterocycles. The molecule has 0 saturated carbocycles. The average Bonchev–Trinajstić information content (AvgIpc) is 2.87. The van der Waals surface area contributed by atoms with Crippen LogP contribution < -0.4 is 4.74 Å².